The number of rotatable bonds is 5. The van der Waals surface area contributed by atoms with Crippen LogP contribution in [0.15, 0.2) is 36.4 Å². The summed E-state index contributed by atoms with van der Waals surface area (Å²) in [6.07, 6.45) is 3.58. The summed E-state index contributed by atoms with van der Waals surface area (Å²) >= 11 is 0. The fraction of sp³-hybridized carbons (Fsp3) is 0.353. The van der Waals surface area contributed by atoms with Crippen molar-refractivity contribution in [3.05, 3.63) is 47.8 Å². The topological polar surface area (TPSA) is 46.5 Å². The zero-order valence-electron chi connectivity index (χ0n) is 12.2. The van der Waals surface area contributed by atoms with Crippen LogP contribution in [-0.4, -0.2) is 24.3 Å². The molecule has 1 unspecified atom stereocenters. The lowest BCUT2D eigenvalue weighted by Gasteiger charge is -2.19. The zero-order valence-corrected chi connectivity index (χ0v) is 12.2. The minimum absolute atomic E-state index is 0.0930. The number of hydrogen-bond acceptors (Lipinski definition) is 3. The van der Waals surface area contributed by atoms with E-state index in [0.29, 0.717) is 12.0 Å². The van der Waals surface area contributed by atoms with Crippen molar-refractivity contribution in [1.82, 2.24) is 0 Å². The maximum atomic E-state index is 12.8. The number of carbonyl (C=O) groups is 1. The van der Waals surface area contributed by atoms with Crippen LogP contribution in [0.1, 0.15) is 25.8 Å². The predicted octanol–water partition coefficient (Wildman–Crippen LogP) is 2.69. The van der Waals surface area contributed by atoms with E-state index >= 15 is 0 Å². The molecular weight excluding hydrogens is 271 g/mol. The molecule has 0 fully saturated rings. The summed E-state index contributed by atoms with van der Waals surface area (Å²) in [6.45, 7) is 3.60. The first-order chi connectivity index (χ1) is 10.0. The second-order valence-electron chi connectivity index (χ2n) is 4.67. The average Bonchev–Trinajstić information content (AvgIpc) is 2.47. The molecule has 1 aromatic carbocycles. The number of ether oxygens (including phenoxy) is 1. The normalized spacial score (nSPS) is 13.3. The Morgan fingerprint density at radius 3 is 2.62 bits per heavy atom. The number of allylic oxidation sites excluding steroid dienone is 1. The third-order valence-corrected chi connectivity index (χ3v) is 2.85. The molecule has 1 atom stereocenters. The highest BCUT2D eigenvalue weighted by molar-refractivity contribution is 5.80. The molecule has 4 heteroatoms. The van der Waals surface area contributed by atoms with E-state index in [1.54, 1.807) is 38.1 Å². The largest absolute Gasteiger partial charge is 0.465 e. The molecule has 1 rings (SSSR count). The molecular formula is C17H19FO3. The van der Waals surface area contributed by atoms with Crippen molar-refractivity contribution < 1.29 is 19.0 Å². The lowest BCUT2D eigenvalue weighted by Crippen LogP contribution is -2.28. The van der Waals surface area contributed by atoms with Crippen LogP contribution in [0.3, 0.4) is 0 Å². The van der Waals surface area contributed by atoms with E-state index in [1.807, 2.05) is 0 Å². The van der Waals surface area contributed by atoms with Crippen LogP contribution >= 0.6 is 0 Å². The quantitative estimate of drug-likeness (QED) is 0.515. The molecule has 0 bridgehead atoms. The smallest absolute Gasteiger partial charge is 0.324 e. The van der Waals surface area contributed by atoms with E-state index in [9.17, 15) is 9.18 Å². The Morgan fingerprint density at radius 1 is 1.38 bits per heavy atom. The first kappa shape index (κ1) is 16.9. The van der Waals surface area contributed by atoms with Gasteiger partial charge in [0.15, 0.2) is 0 Å². The summed E-state index contributed by atoms with van der Waals surface area (Å²) in [7, 11) is 0. The number of esters is 1. The second kappa shape index (κ2) is 8.23. The fourth-order valence-electron chi connectivity index (χ4n) is 1.61. The molecule has 0 aromatic heterocycles. The van der Waals surface area contributed by atoms with E-state index in [1.165, 1.54) is 12.1 Å². The van der Waals surface area contributed by atoms with E-state index in [4.69, 9.17) is 9.84 Å². The van der Waals surface area contributed by atoms with Crippen LogP contribution in [0, 0.1) is 23.1 Å². The Bertz CT molecular complexity index is 552. The molecule has 0 saturated heterocycles. The molecule has 1 aromatic rings. The number of aliphatic hydroxyl groups excluding tert-OH is 1. The number of carbonyl (C=O) groups excluding carboxylic acids is 1. The Morgan fingerprint density at radius 2 is 2.05 bits per heavy atom. The molecule has 0 aliphatic heterocycles. The first-order valence-corrected chi connectivity index (χ1v) is 6.73. The summed E-state index contributed by atoms with van der Waals surface area (Å²) in [4.78, 5) is 12.1. The van der Waals surface area contributed by atoms with Gasteiger partial charge in [-0.15, -0.1) is 0 Å². The Labute approximate surface area is 124 Å². The van der Waals surface area contributed by atoms with Gasteiger partial charge in [0.2, 0.25) is 0 Å². The molecule has 21 heavy (non-hydrogen) atoms. The van der Waals surface area contributed by atoms with Gasteiger partial charge < -0.3 is 9.84 Å². The van der Waals surface area contributed by atoms with Gasteiger partial charge in [-0.25, -0.2) is 4.39 Å². The highest BCUT2D eigenvalue weighted by atomic mass is 19.1. The maximum Gasteiger partial charge on any atom is 0.324 e. The molecule has 0 saturated carbocycles. The molecule has 0 heterocycles. The van der Waals surface area contributed by atoms with E-state index in [2.05, 4.69) is 11.8 Å². The van der Waals surface area contributed by atoms with Gasteiger partial charge in [-0.05, 0) is 44.5 Å². The van der Waals surface area contributed by atoms with Crippen molar-refractivity contribution in [3.63, 3.8) is 0 Å². The van der Waals surface area contributed by atoms with Crippen molar-refractivity contribution in [2.75, 3.05) is 13.2 Å². The summed E-state index contributed by atoms with van der Waals surface area (Å²) < 4.78 is 17.9. The van der Waals surface area contributed by atoms with Gasteiger partial charge in [-0.3, -0.25) is 4.79 Å². The van der Waals surface area contributed by atoms with Crippen molar-refractivity contribution >= 4 is 5.97 Å². The monoisotopic (exact) mass is 290 g/mol. The van der Waals surface area contributed by atoms with Gasteiger partial charge in [-0.2, -0.15) is 0 Å². The average molecular weight is 290 g/mol. The molecule has 0 spiro atoms. The molecule has 0 amide bonds. The molecule has 1 N–H and O–H groups in total. The number of hydrogen-bond donors (Lipinski definition) is 1. The van der Waals surface area contributed by atoms with Gasteiger partial charge in [-0.1, -0.05) is 24.0 Å². The van der Waals surface area contributed by atoms with E-state index in [0.717, 1.165) is 0 Å². The standard InChI is InChI=1S/C17H19FO3/c1-3-21-16(20)17(2,11-4-5-13-19)12-10-14-6-8-15(18)9-7-14/h4-9,19H,3,11,13H2,1-2H3/b5-4-. The van der Waals surface area contributed by atoms with Gasteiger partial charge in [0.05, 0.1) is 13.2 Å². The molecule has 3 nitrogen and oxygen atoms in total. The fourth-order valence-corrected chi connectivity index (χ4v) is 1.61. The molecule has 0 aliphatic rings. The number of benzene rings is 1. The van der Waals surface area contributed by atoms with Crippen LogP contribution in [0.4, 0.5) is 4.39 Å². The van der Waals surface area contributed by atoms with E-state index < -0.39 is 11.4 Å². The van der Waals surface area contributed by atoms with Gasteiger partial charge in [0.1, 0.15) is 11.2 Å². The van der Waals surface area contributed by atoms with Crippen LogP contribution in [0.5, 0.6) is 0 Å². The van der Waals surface area contributed by atoms with Crippen molar-refractivity contribution in [1.29, 1.82) is 0 Å². The second-order valence-corrected chi connectivity index (χ2v) is 4.67. The summed E-state index contributed by atoms with van der Waals surface area (Å²) in [5.41, 5.74) is -0.381. The van der Waals surface area contributed by atoms with Gasteiger partial charge >= 0.3 is 5.97 Å². The summed E-state index contributed by atoms with van der Waals surface area (Å²) in [5, 5.41) is 8.76. The van der Waals surface area contributed by atoms with E-state index in [-0.39, 0.29) is 19.0 Å². The van der Waals surface area contributed by atoms with Crippen LogP contribution in [0.25, 0.3) is 0 Å². The van der Waals surface area contributed by atoms with Crippen molar-refractivity contribution in [3.8, 4) is 11.8 Å². The third-order valence-electron chi connectivity index (χ3n) is 2.85. The minimum atomic E-state index is -1.00. The Balaban J connectivity index is 2.99. The third kappa shape index (κ3) is 5.41. The SMILES string of the molecule is CCOC(=O)C(C)(C#Cc1ccc(F)cc1)C/C=C\CO. The van der Waals surface area contributed by atoms with Gasteiger partial charge in [0.25, 0.3) is 0 Å². The number of aliphatic hydroxyl groups is 1. The molecule has 0 radical (unpaired) electrons. The van der Waals surface area contributed by atoms with Crippen LogP contribution < -0.4 is 0 Å². The first-order valence-electron chi connectivity index (χ1n) is 6.73. The predicted molar refractivity (Wildman–Crippen MR) is 78.9 cm³/mol. The number of halogens is 1. The lowest BCUT2D eigenvalue weighted by molar-refractivity contribution is -0.150. The Kier molecular flexibility index (Phi) is 6.64. The zero-order chi connectivity index (χ0) is 15.7. The summed E-state index contributed by atoms with van der Waals surface area (Å²) in [5.74, 6) is 5.01. The van der Waals surface area contributed by atoms with Gasteiger partial charge in [0, 0.05) is 5.56 Å². The van der Waals surface area contributed by atoms with Crippen molar-refractivity contribution in [2.45, 2.75) is 20.3 Å². The minimum Gasteiger partial charge on any atom is -0.465 e. The lowest BCUT2D eigenvalue weighted by atomic mass is 9.87. The molecule has 0 aliphatic carbocycles. The Hall–Kier alpha value is -2.12. The van der Waals surface area contributed by atoms with Crippen LogP contribution in [0.2, 0.25) is 0 Å². The molecule has 112 valence electrons. The van der Waals surface area contributed by atoms with Crippen LogP contribution in [-0.2, 0) is 9.53 Å². The summed E-state index contributed by atoms with van der Waals surface area (Å²) in [6, 6.07) is 5.74. The highest BCUT2D eigenvalue weighted by Crippen LogP contribution is 2.23. The maximum absolute atomic E-state index is 12.8. The highest BCUT2D eigenvalue weighted by Gasteiger charge is 2.31. The van der Waals surface area contributed by atoms with Crippen molar-refractivity contribution in [2.24, 2.45) is 5.41 Å².